The topological polar surface area (TPSA) is 77.5 Å². The van der Waals surface area contributed by atoms with Crippen molar-refractivity contribution >= 4 is 5.97 Å². The van der Waals surface area contributed by atoms with Crippen LogP contribution in [0.4, 0.5) is 0 Å². The van der Waals surface area contributed by atoms with Crippen LogP contribution in [0.25, 0.3) is 0 Å². The van der Waals surface area contributed by atoms with Crippen LogP contribution in [0, 0.1) is 5.92 Å². The van der Waals surface area contributed by atoms with Gasteiger partial charge in [0.1, 0.15) is 12.2 Å². The number of carbonyl (C=O) groups excluding carboxylic acids is 1. The fourth-order valence-electron chi connectivity index (χ4n) is 5.18. The number of benzene rings is 3. The lowest BCUT2D eigenvalue weighted by molar-refractivity contribution is -0.175. The maximum Gasteiger partial charge on any atom is 0.306 e. The number of hydrogen-bond donors (Lipinski definition) is 1. The zero-order valence-corrected chi connectivity index (χ0v) is 23.2. The molecular formula is C33H39NO6. The summed E-state index contributed by atoms with van der Waals surface area (Å²) in [6, 6.07) is 28.6. The van der Waals surface area contributed by atoms with E-state index in [-0.39, 0.29) is 24.9 Å². The monoisotopic (exact) mass is 545 g/mol. The van der Waals surface area contributed by atoms with Crippen molar-refractivity contribution in [3.8, 4) is 0 Å². The molecule has 0 amide bonds. The lowest BCUT2D eigenvalue weighted by atomic mass is 9.91. The van der Waals surface area contributed by atoms with E-state index in [9.17, 15) is 10.0 Å². The van der Waals surface area contributed by atoms with E-state index in [1.54, 1.807) is 0 Å². The summed E-state index contributed by atoms with van der Waals surface area (Å²) in [4.78, 5) is 12.4. The summed E-state index contributed by atoms with van der Waals surface area (Å²) in [5.74, 6) is -0.728. The molecule has 1 heterocycles. The van der Waals surface area contributed by atoms with Gasteiger partial charge in [0.05, 0.1) is 52.0 Å². The van der Waals surface area contributed by atoms with E-state index in [2.05, 4.69) is 0 Å². The Kier molecular flexibility index (Phi) is 11.5. The van der Waals surface area contributed by atoms with Crippen molar-refractivity contribution in [2.45, 2.75) is 57.5 Å². The highest BCUT2D eigenvalue weighted by atomic mass is 16.6. The van der Waals surface area contributed by atoms with E-state index in [1.807, 2.05) is 110 Å². The molecule has 7 heteroatoms. The third-order valence-electron chi connectivity index (χ3n) is 7.16. The number of ether oxygens (including phenoxy) is 4. The van der Waals surface area contributed by atoms with Gasteiger partial charge in [-0.1, -0.05) is 103 Å². The van der Waals surface area contributed by atoms with Crippen molar-refractivity contribution in [2.24, 2.45) is 5.92 Å². The van der Waals surface area contributed by atoms with Crippen LogP contribution in [0.15, 0.2) is 103 Å². The van der Waals surface area contributed by atoms with Crippen molar-refractivity contribution < 1.29 is 28.9 Å². The Morgan fingerprint density at radius 1 is 0.825 bits per heavy atom. The first-order valence-electron chi connectivity index (χ1n) is 13.7. The summed E-state index contributed by atoms with van der Waals surface area (Å²) in [5, 5.41) is 13.0. The molecule has 1 aliphatic heterocycles. The molecule has 7 nitrogen and oxygen atoms in total. The van der Waals surface area contributed by atoms with Gasteiger partial charge in [-0.05, 0) is 23.6 Å². The number of methoxy groups -OCH3 is 1. The molecule has 5 atom stereocenters. The SMILES string of the molecule is C/C=C/[C@@H](CC(=O)OC)[C@H]1[C@H](OCc2ccccc2)[C@H](OCc2ccccc2)[C@H](COCc2ccccc2)N1O. The van der Waals surface area contributed by atoms with Crippen LogP contribution in [-0.2, 0) is 43.6 Å². The average Bonchev–Trinajstić information content (AvgIpc) is 3.26. The van der Waals surface area contributed by atoms with Crippen molar-refractivity contribution in [2.75, 3.05) is 13.7 Å². The number of nitrogens with zero attached hydrogens (tertiary/aromatic N) is 1. The minimum Gasteiger partial charge on any atom is -0.469 e. The van der Waals surface area contributed by atoms with Gasteiger partial charge in [0.25, 0.3) is 0 Å². The molecule has 3 aromatic rings. The molecule has 0 aliphatic carbocycles. The van der Waals surface area contributed by atoms with E-state index in [0.717, 1.165) is 16.7 Å². The second kappa shape index (κ2) is 15.5. The van der Waals surface area contributed by atoms with E-state index >= 15 is 0 Å². The third kappa shape index (κ3) is 8.10. The normalized spacial score (nSPS) is 22.0. The molecule has 1 saturated heterocycles. The molecule has 0 aromatic heterocycles. The maximum atomic E-state index is 12.4. The molecule has 1 fully saturated rings. The average molecular weight is 546 g/mol. The summed E-state index contributed by atoms with van der Waals surface area (Å²) in [6.07, 6.45) is 2.82. The van der Waals surface area contributed by atoms with E-state index in [1.165, 1.54) is 12.2 Å². The molecule has 1 aliphatic rings. The highest BCUT2D eigenvalue weighted by Gasteiger charge is 2.53. The van der Waals surface area contributed by atoms with Crippen molar-refractivity contribution in [1.29, 1.82) is 0 Å². The second-order valence-corrected chi connectivity index (χ2v) is 9.93. The highest BCUT2D eigenvalue weighted by Crippen LogP contribution is 2.36. The summed E-state index contributed by atoms with van der Waals surface area (Å²) in [7, 11) is 1.37. The first kappa shape index (κ1) is 29.6. The zero-order chi connectivity index (χ0) is 28.2. The van der Waals surface area contributed by atoms with Gasteiger partial charge in [0.15, 0.2) is 0 Å². The maximum absolute atomic E-state index is 12.4. The summed E-state index contributed by atoms with van der Waals surface area (Å²) in [6.45, 7) is 3.19. The van der Waals surface area contributed by atoms with E-state index < -0.39 is 24.3 Å². The Hall–Kier alpha value is -3.33. The Morgan fingerprint density at radius 3 is 1.82 bits per heavy atom. The molecule has 0 saturated carbocycles. The van der Waals surface area contributed by atoms with Gasteiger partial charge in [-0.15, -0.1) is 0 Å². The first-order chi connectivity index (χ1) is 19.6. The second-order valence-electron chi connectivity index (χ2n) is 9.93. The standard InChI is InChI=1S/C33H39NO6/c1-3-13-28(20-30(35)37-2)31-33(40-23-27-18-11-6-12-19-27)32(39-22-26-16-9-5-10-17-26)29(34(31)36)24-38-21-25-14-7-4-8-15-25/h3-19,28-29,31-33,36H,20-24H2,1-2H3/b13-3+/t28-,29-,31-,32+,33-/m0/s1. The Balaban J connectivity index is 1.62. The van der Waals surface area contributed by atoms with E-state index in [4.69, 9.17) is 18.9 Å². The van der Waals surface area contributed by atoms with Crippen molar-refractivity contribution in [3.63, 3.8) is 0 Å². The minimum atomic E-state index is -0.565. The summed E-state index contributed by atoms with van der Waals surface area (Å²) < 4.78 is 24.2. The highest BCUT2D eigenvalue weighted by molar-refractivity contribution is 5.69. The molecule has 0 spiro atoms. The fourth-order valence-corrected chi connectivity index (χ4v) is 5.18. The zero-order valence-electron chi connectivity index (χ0n) is 23.2. The first-order valence-corrected chi connectivity index (χ1v) is 13.7. The third-order valence-corrected chi connectivity index (χ3v) is 7.16. The van der Waals surface area contributed by atoms with Gasteiger partial charge in [0, 0.05) is 5.92 Å². The number of esters is 1. The number of hydroxylamine groups is 2. The predicted octanol–water partition coefficient (Wildman–Crippen LogP) is 5.57. The van der Waals surface area contributed by atoms with Crippen LogP contribution in [0.1, 0.15) is 30.0 Å². The van der Waals surface area contributed by atoms with Gasteiger partial charge in [-0.2, -0.15) is 5.06 Å². The molecule has 1 N–H and O–H groups in total. The molecule has 212 valence electrons. The Labute approximate surface area is 236 Å². The van der Waals surface area contributed by atoms with Crippen LogP contribution < -0.4 is 0 Å². The van der Waals surface area contributed by atoms with Gasteiger partial charge >= 0.3 is 5.97 Å². The molecule has 4 rings (SSSR count). The van der Waals surface area contributed by atoms with Crippen molar-refractivity contribution in [3.05, 3.63) is 120 Å². The Bertz CT molecular complexity index is 1170. The quantitative estimate of drug-likeness (QED) is 0.210. The minimum absolute atomic E-state index is 0.0940. The lowest BCUT2D eigenvalue weighted by Crippen LogP contribution is -2.43. The largest absolute Gasteiger partial charge is 0.469 e. The number of allylic oxidation sites excluding steroid dienone is 1. The molecule has 0 bridgehead atoms. The van der Waals surface area contributed by atoms with Gasteiger partial charge in [-0.25, -0.2) is 0 Å². The van der Waals surface area contributed by atoms with Crippen molar-refractivity contribution in [1.82, 2.24) is 5.06 Å². The summed E-state index contributed by atoms with van der Waals surface area (Å²) >= 11 is 0. The van der Waals surface area contributed by atoms with Crippen LogP contribution in [0.2, 0.25) is 0 Å². The molecule has 0 unspecified atom stereocenters. The molecule has 3 aromatic carbocycles. The number of rotatable bonds is 14. The number of hydrogen-bond acceptors (Lipinski definition) is 7. The van der Waals surface area contributed by atoms with Gasteiger partial charge in [-0.3, -0.25) is 4.79 Å². The van der Waals surface area contributed by atoms with Gasteiger partial charge < -0.3 is 24.2 Å². The van der Waals surface area contributed by atoms with Crippen LogP contribution in [0.3, 0.4) is 0 Å². The van der Waals surface area contributed by atoms with Gasteiger partial charge in [0.2, 0.25) is 0 Å². The Morgan fingerprint density at radius 2 is 1.32 bits per heavy atom. The summed E-state index contributed by atoms with van der Waals surface area (Å²) in [5.41, 5.74) is 3.06. The lowest BCUT2D eigenvalue weighted by Gasteiger charge is -2.30. The molecule has 0 radical (unpaired) electrons. The molecule has 40 heavy (non-hydrogen) atoms. The number of carbonyl (C=O) groups is 1. The molecular weight excluding hydrogens is 506 g/mol. The van der Waals surface area contributed by atoms with Crippen LogP contribution in [-0.4, -0.2) is 54.2 Å². The fraction of sp³-hybridized carbons (Fsp3) is 0.364. The van der Waals surface area contributed by atoms with Crippen LogP contribution in [0.5, 0.6) is 0 Å². The van der Waals surface area contributed by atoms with E-state index in [0.29, 0.717) is 19.8 Å². The predicted molar refractivity (Wildman–Crippen MR) is 152 cm³/mol. The van der Waals surface area contributed by atoms with Crippen LogP contribution >= 0.6 is 0 Å². The smallest absolute Gasteiger partial charge is 0.306 e.